The fourth-order valence-corrected chi connectivity index (χ4v) is 2.22. The first-order valence-electron chi connectivity index (χ1n) is 5.55. The van der Waals surface area contributed by atoms with Gasteiger partial charge < -0.3 is 20.1 Å². The van der Waals surface area contributed by atoms with Crippen molar-refractivity contribution in [3.05, 3.63) is 0 Å². The van der Waals surface area contributed by atoms with Crippen molar-refractivity contribution in [3.63, 3.8) is 0 Å². The van der Waals surface area contributed by atoms with Crippen LogP contribution >= 0.6 is 0 Å². The fraction of sp³-hybridized carbons (Fsp3) is 1.00. The molecule has 0 aromatic heterocycles. The van der Waals surface area contributed by atoms with E-state index in [0.29, 0.717) is 0 Å². The Morgan fingerprint density at radius 3 is 2.36 bits per heavy atom. The molecule has 0 unspecified atom stereocenters. The predicted octanol–water partition coefficient (Wildman–Crippen LogP) is 0.174. The number of nitrogens with two attached hydrogens (primary N) is 1. The molecule has 0 aromatic rings. The lowest BCUT2D eigenvalue weighted by molar-refractivity contribution is -0.185. The zero-order valence-electron chi connectivity index (χ0n) is 8.71. The molecule has 4 nitrogen and oxygen atoms in total. The maximum atomic E-state index is 5.66. The van der Waals surface area contributed by atoms with Gasteiger partial charge in [-0.3, -0.25) is 0 Å². The summed E-state index contributed by atoms with van der Waals surface area (Å²) in [6.07, 6.45) is 3.11. The molecule has 14 heavy (non-hydrogen) atoms. The summed E-state index contributed by atoms with van der Waals surface area (Å²) < 4.78 is 11.3. The molecule has 1 spiro atoms. The van der Waals surface area contributed by atoms with Gasteiger partial charge in [-0.05, 0) is 19.5 Å². The first-order chi connectivity index (χ1) is 6.85. The van der Waals surface area contributed by atoms with Crippen LogP contribution < -0.4 is 5.73 Å². The normalized spacial score (nSPS) is 27.2. The second-order valence-electron chi connectivity index (χ2n) is 4.09. The highest BCUT2D eigenvalue weighted by Gasteiger charge is 2.39. The van der Waals surface area contributed by atoms with Crippen LogP contribution in [-0.4, -0.2) is 50.1 Å². The fourth-order valence-electron chi connectivity index (χ4n) is 2.22. The molecule has 0 radical (unpaired) electrons. The molecule has 4 heteroatoms. The molecule has 0 saturated carbocycles. The third-order valence-corrected chi connectivity index (χ3v) is 3.11. The first kappa shape index (κ1) is 10.4. The Labute approximate surface area is 85.3 Å². The standard InChI is InChI=1S/C10H20N2O2/c11-4-1-5-12-6-2-10(3-7-12)13-8-9-14-10/h1-9,11H2. The SMILES string of the molecule is NCCCN1CCC2(CC1)OCCO2. The lowest BCUT2D eigenvalue weighted by atomic mass is 10.0. The average molecular weight is 200 g/mol. The zero-order chi connectivity index (χ0) is 9.86. The van der Waals surface area contributed by atoms with Gasteiger partial charge in [0.25, 0.3) is 0 Å². The van der Waals surface area contributed by atoms with Gasteiger partial charge in [0.2, 0.25) is 0 Å². The summed E-state index contributed by atoms with van der Waals surface area (Å²) in [5.74, 6) is -0.223. The second kappa shape index (κ2) is 4.57. The van der Waals surface area contributed by atoms with E-state index in [1.54, 1.807) is 0 Å². The van der Waals surface area contributed by atoms with Crippen molar-refractivity contribution >= 4 is 0 Å². The largest absolute Gasteiger partial charge is 0.347 e. The molecule has 2 rings (SSSR count). The molecule has 0 aliphatic carbocycles. The van der Waals surface area contributed by atoms with E-state index in [1.165, 1.54) is 0 Å². The highest BCUT2D eigenvalue weighted by atomic mass is 16.7. The molecule has 2 saturated heterocycles. The van der Waals surface area contributed by atoms with Crippen LogP contribution in [0.4, 0.5) is 0 Å². The maximum absolute atomic E-state index is 5.66. The van der Waals surface area contributed by atoms with Crippen molar-refractivity contribution < 1.29 is 9.47 Å². The van der Waals surface area contributed by atoms with Crippen molar-refractivity contribution in [2.24, 2.45) is 5.73 Å². The summed E-state index contributed by atoms with van der Waals surface area (Å²) in [6.45, 7) is 5.60. The van der Waals surface area contributed by atoms with Gasteiger partial charge in [-0.1, -0.05) is 0 Å². The molecule has 2 fully saturated rings. The van der Waals surface area contributed by atoms with E-state index in [2.05, 4.69) is 4.90 Å². The molecule has 82 valence electrons. The van der Waals surface area contributed by atoms with Crippen molar-refractivity contribution in [1.29, 1.82) is 0 Å². The van der Waals surface area contributed by atoms with E-state index < -0.39 is 0 Å². The second-order valence-corrected chi connectivity index (χ2v) is 4.09. The number of nitrogens with zero attached hydrogens (tertiary/aromatic N) is 1. The third-order valence-electron chi connectivity index (χ3n) is 3.11. The third kappa shape index (κ3) is 2.25. The van der Waals surface area contributed by atoms with Gasteiger partial charge in [0.15, 0.2) is 5.79 Å². The van der Waals surface area contributed by atoms with E-state index >= 15 is 0 Å². The Bertz CT molecular complexity index is 171. The van der Waals surface area contributed by atoms with E-state index in [1.807, 2.05) is 0 Å². The zero-order valence-corrected chi connectivity index (χ0v) is 8.71. The quantitative estimate of drug-likeness (QED) is 0.705. The molecule has 2 heterocycles. The number of ether oxygens (including phenoxy) is 2. The van der Waals surface area contributed by atoms with Crippen LogP contribution in [0.5, 0.6) is 0 Å². The van der Waals surface area contributed by atoms with Gasteiger partial charge in [0, 0.05) is 25.9 Å². The summed E-state index contributed by atoms with van der Waals surface area (Å²) >= 11 is 0. The monoisotopic (exact) mass is 200 g/mol. The van der Waals surface area contributed by atoms with Gasteiger partial charge in [-0.15, -0.1) is 0 Å². The number of hydrogen-bond donors (Lipinski definition) is 1. The van der Waals surface area contributed by atoms with E-state index in [9.17, 15) is 0 Å². The van der Waals surface area contributed by atoms with Crippen LogP contribution in [0.15, 0.2) is 0 Å². The summed E-state index contributed by atoms with van der Waals surface area (Å²) in [6, 6.07) is 0. The molecule has 2 N–H and O–H groups in total. The molecular weight excluding hydrogens is 180 g/mol. The summed E-state index contributed by atoms with van der Waals surface area (Å²) in [5, 5.41) is 0. The van der Waals surface area contributed by atoms with Gasteiger partial charge in [-0.25, -0.2) is 0 Å². The van der Waals surface area contributed by atoms with Crippen LogP contribution in [-0.2, 0) is 9.47 Å². The Morgan fingerprint density at radius 1 is 1.14 bits per heavy atom. The Morgan fingerprint density at radius 2 is 1.79 bits per heavy atom. The Kier molecular flexibility index (Phi) is 3.38. The van der Waals surface area contributed by atoms with Crippen molar-refractivity contribution in [2.45, 2.75) is 25.0 Å². The van der Waals surface area contributed by atoms with Crippen LogP contribution in [0.1, 0.15) is 19.3 Å². The number of hydrogen-bond acceptors (Lipinski definition) is 4. The van der Waals surface area contributed by atoms with Crippen molar-refractivity contribution in [2.75, 3.05) is 39.4 Å². The van der Waals surface area contributed by atoms with Gasteiger partial charge in [0.1, 0.15) is 0 Å². The average Bonchev–Trinajstić information content (AvgIpc) is 2.66. The molecule has 0 bridgehead atoms. The molecular formula is C10H20N2O2. The smallest absolute Gasteiger partial charge is 0.170 e. The van der Waals surface area contributed by atoms with E-state index in [0.717, 1.165) is 58.7 Å². The maximum Gasteiger partial charge on any atom is 0.170 e. The van der Waals surface area contributed by atoms with E-state index in [-0.39, 0.29) is 5.79 Å². The molecule has 2 aliphatic rings. The lowest BCUT2D eigenvalue weighted by Gasteiger charge is -2.37. The lowest BCUT2D eigenvalue weighted by Crippen LogP contribution is -2.45. The number of rotatable bonds is 3. The Balaban J connectivity index is 1.74. The van der Waals surface area contributed by atoms with Gasteiger partial charge in [0.05, 0.1) is 13.2 Å². The molecule has 0 aromatic carbocycles. The summed E-state index contributed by atoms with van der Waals surface area (Å²) in [4.78, 5) is 2.45. The van der Waals surface area contributed by atoms with Crippen LogP contribution in [0, 0.1) is 0 Å². The highest BCUT2D eigenvalue weighted by Crippen LogP contribution is 2.30. The van der Waals surface area contributed by atoms with Crippen LogP contribution in [0.2, 0.25) is 0 Å². The van der Waals surface area contributed by atoms with Crippen molar-refractivity contribution in [3.8, 4) is 0 Å². The number of likely N-dealkylation sites (tertiary alicyclic amines) is 1. The summed E-state index contributed by atoms with van der Waals surface area (Å²) in [7, 11) is 0. The highest BCUT2D eigenvalue weighted by molar-refractivity contribution is 4.82. The van der Waals surface area contributed by atoms with Crippen molar-refractivity contribution in [1.82, 2.24) is 4.90 Å². The van der Waals surface area contributed by atoms with Gasteiger partial charge >= 0.3 is 0 Å². The number of piperidine rings is 1. The topological polar surface area (TPSA) is 47.7 Å². The minimum absolute atomic E-state index is 0.223. The molecule has 0 atom stereocenters. The minimum atomic E-state index is -0.223. The molecule has 0 amide bonds. The predicted molar refractivity (Wildman–Crippen MR) is 54.0 cm³/mol. The molecule has 2 aliphatic heterocycles. The summed E-state index contributed by atoms with van der Waals surface area (Å²) in [5.41, 5.74) is 5.49. The Hall–Kier alpha value is -0.160. The van der Waals surface area contributed by atoms with Gasteiger partial charge in [-0.2, -0.15) is 0 Å². The minimum Gasteiger partial charge on any atom is -0.347 e. The van der Waals surface area contributed by atoms with E-state index in [4.69, 9.17) is 15.2 Å². The first-order valence-corrected chi connectivity index (χ1v) is 5.55. The van der Waals surface area contributed by atoms with Crippen LogP contribution in [0.3, 0.4) is 0 Å². The van der Waals surface area contributed by atoms with Crippen LogP contribution in [0.25, 0.3) is 0 Å².